The van der Waals surface area contributed by atoms with Gasteiger partial charge in [-0.2, -0.15) is 0 Å². The van der Waals surface area contributed by atoms with Crippen molar-refractivity contribution in [2.45, 2.75) is 25.3 Å². The zero-order chi connectivity index (χ0) is 12.8. The molecule has 0 bridgehead atoms. The number of unbranched alkanes of at least 4 members (excludes halogenated alkanes) is 1. The first-order valence-electron chi connectivity index (χ1n) is 5.45. The molecule has 0 fully saturated rings. The molecule has 0 aliphatic heterocycles. The Balaban J connectivity index is 0.00000289. The van der Waals surface area contributed by atoms with Crippen LogP contribution in [0.1, 0.15) is 30.9 Å². The first kappa shape index (κ1) is 17.1. The molecule has 0 aliphatic carbocycles. The Bertz CT molecular complexity index is 402. The number of hydrogen-bond acceptors (Lipinski definition) is 4. The van der Waals surface area contributed by atoms with E-state index in [1.165, 1.54) is 12.1 Å². The number of nitro groups is 1. The lowest BCUT2D eigenvalue weighted by Gasteiger charge is -2.11. The molecule has 1 aromatic rings. The van der Waals surface area contributed by atoms with Crippen LogP contribution in [0.5, 0.6) is 0 Å². The van der Waals surface area contributed by atoms with Crippen LogP contribution >= 0.6 is 24.0 Å². The van der Waals surface area contributed by atoms with Gasteiger partial charge in [-0.25, -0.2) is 0 Å². The Kier molecular flexibility index (Phi) is 7.86. The molecule has 0 heterocycles. The molecule has 102 valence electrons. The lowest BCUT2D eigenvalue weighted by molar-refractivity contribution is -0.384. The predicted molar refractivity (Wildman–Crippen MR) is 75.2 cm³/mol. The Morgan fingerprint density at radius 2 is 2.06 bits per heavy atom. The summed E-state index contributed by atoms with van der Waals surface area (Å²) < 4.78 is 0. The van der Waals surface area contributed by atoms with E-state index in [-0.39, 0.29) is 29.2 Å². The largest absolute Gasteiger partial charge is 0.330 e. The van der Waals surface area contributed by atoms with Crippen LogP contribution in [0.3, 0.4) is 0 Å². The summed E-state index contributed by atoms with van der Waals surface area (Å²) in [4.78, 5) is 10.2. The van der Waals surface area contributed by atoms with E-state index in [1.807, 2.05) is 0 Å². The molecule has 5 nitrogen and oxygen atoms in total. The minimum atomic E-state index is -0.502. The molecule has 0 radical (unpaired) electrons. The van der Waals surface area contributed by atoms with Gasteiger partial charge in [-0.15, -0.1) is 12.4 Å². The Hall–Kier alpha value is -0.880. The molecule has 0 saturated heterocycles. The van der Waals surface area contributed by atoms with Crippen LogP contribution in [-0.2, 0) is 0 Å². The third-order valence-electron chi connectivity index (χ3n) is 2.56. The van der Waals surface area contributed by atoms with Crippen molar-refractivity contribution in [1.29, 1.82) is 0 Å². The van der Waals surface area contributed by atoms with E-state index in [0.717, 1.165) is 24.8 Å². The molecule has 0 aromatic heterocycles. The standard InChI is InChI=1S/C11H16ClN3O2.ClH/c12-9-5-4-8(7-11(9)15(16)17)10(14)3-1-2-6-13;/h4-5,7,10H,1-3,6,13-14H2;1H/t10-;/m1./s1. The molecule has 1 atom stereocenters. The quantitative estimate of drug-likeness (QED) is 0.479. The second-order valence-electron chi connectivity index (χ2n) is 3.86. The predicted octanol–water partition coefficient (Wildman–Crippen LogP) is 2.80. The van der Waals surface area contributed by atoms with E-state index in [4.69, 9.17) is 23.1 Å². The fourth-order valence-electron chi connectivity index (χ4n) is 1.58. The van der Waals surface area contributed by atoms with Gasteiger partial charge < -0.3 is 11.5 Å². The van der Waals surface area contributed by atoms with Crippen molar-refractivity contribution >= 4 is 29.7 Å². The zero-order valence-corrected chi connectivity index (χ0v) is 11.4. The zero-order valence-electron chi connectivity index (χ0n) is 9.84. The van der Waals surface area contributed by atoms with Crippen molar-refractivity contribution in [2.24, 2.45) is 11.5 Å². The molecule has 1 aromatic carbocycles. The van der Waals surface area contributed by atoms with E-state index >= 15 is 0 Å². The smallest absolute Gasteiger partial charge is 0.288 e. The average Bonchev–Trinajstić information content (AvgIpc) is 2.29. The van der Waals surface area contributed by atoms with Crippen molar-refractivity contribution < 1.29 is 4.92 Å². The molecular formula is C11H17Cl2N3O2. The highest BCUT2D eigenvalue weighted by atomic mass is 35.5. The van der Waals surface area contributed by atoms with Crippen LogP contribution in [0.25, 0.3) is 0 Å². The number of benzene rings is 1. The number of nitrogens with two attached hydrogens (primary N) is 2. The Labute approximate surface area is 117 Å². The maximum absolute atomic E-state index is 10.7. The topological polar surface area (TPSA) is 95.2 Å². The average molecular weight is 294 g/mol. The SMILES string of the molecule is Cl.NCCCC[C@@H](N)c1ccc(Cl)c([N+](=O)[O-])c1. The molecular weight excluding hydrogens is 277 g/mol. The highest BCUT2D eigenvalue weighted by molar-refractivity contribution is 6.32. The highest BCUT2D eigenvalue weighted by Gasteiger charge is 2.15. The van der Waals surface area contributed by atoms with Crippen molar-refractivity contribution in [3.05, 3.63) is 38.9 Å². The number of halogens is 2. The third kappa shape index (κ3) is 4.78. The fourth-order valence-corrected chi connectivity index (χ4v) is 1.76. The normalized spacial score (nSPS) is 11.7. The van der Waals surface area contributed by atoms with Gasteiger partial charge in [0.2, 0.25) is 0 Å². The summed E-state index contributed by atoms with van der Waals surface area (Å²) in [7, 11) is 0. The first-order valence-corrected chi connectivity index (χ1v) is 5.83. The molecule has 0 aliphatic rings. The Morgan fingerprint density at radius 3 is 2.61 bits per heavy atom. The molecule has 7 heteroatoms. The number of hydrogen-bond donors (Lipinski definition) is 2. The molecule has 4 N–H and O–H groups in total. The molecule has 0 spiro atoms. The molecule has 0 saturated carbocycles. The monoisotopic (exact) mass is 293 g/mol. The van der Waals surface area contributed by atoms with Crippen LogP contribution in [0, 0.1) is 10.1 Å². The van der Waals surface area contributed by atoms with Gasteiger partial charge in [0.05, 0.1) is 4.92 Å². The summed E-state index contributed by atoms with van der Waals surface area (Å²) in [5.74, 6) is 0. The van der Waals surface area contributed by atoms with Gasteiger partial charge >= 0.3 is 0 Å². The minimum Gasteiger partial charge on any atom is -0.330 e. The summed E-state index contributed by atoms with van der Waals surface area (Å²) in [6, 6.07) is 4.47. The van der Waals surface area contributed by atoms with Gasteiger partial charge in [0.25, 0.3) is 5.69 Å². The maximum atomic E-state index is 10.7. The van der Waals surface area contributed by atoms with Gasteiger partial charge in [0, 0.05) is 12.1 Å². The van der Waals surface area contributed by atoms with Crippen LogP contribution in [0.15, 0.2) is 18.2 Å². The van der Waals surface area contributed by atoms with Gasteiger partial charge in [0.15, 0.2) is 0 Å². The summed E-state index contributed by atoms with van der Waals surface area (Å²) in [5, 5.41) is 10.9. The second-order valence-corrected chi connectivity index (χ2v) is 4.27. The lowest BCUT2D eigenvalue weighted by atomic mass is 10.0. The fraction of sp³-hybridized carbons (Fsp3) is 0.455. The van der Waals surface area contributed by atoms with Gasteiger partial charge in [-0.05, 0) is 31.0 Å². The van der Waals surface area contributed by atoms with Crippen LogP contribution in [0.4, 0.5) is 5.69 Å². The van der Waals surface area contributed by atoms with Crippen molar-refractivity contribution in [2.75, 3.05) is 6.54 Å². The van der Waals surface area contributed by atoms with E-state index in [2.05, 4.69) is 0 Å². The van der Waals surface area contributed by atoms with Gasteiger partial charge in [-0.3, -0.25) is 10.1 Å². The van der Waals surface area contributed by atoms with Crippen molar-refractivity contribution in [1.82, 2.24) is 0 Å². The van der Waals surface area contributed by atoms with Gasteiger partial charge in [-0.1, -0.05) is 24.1 Å². The van der Waals surface area contributed by atoms with Crippen molar-refractivity contribution in [3.63, 3.8) is 0 Å². The van der Waals surface area contributed by atoms with Crippen LogP contribution in [0.2, 0.25) is 5.02 Å². The first-order chi connectivity index (χ1) is 8.06. The third-order valence-corrected chi connectivity index (χ3v) is 2.88. The maximum Gasteiger partial charge on any atom is 0.288 e. The van der Waals surface area contributed by atoms with E-state index < -0.39 is 4.92 Å². The van der Waals surface area contributed by atoms with E-state index in [1.54, 1.807) is 6.07 Å². The number of nitro benzene ring substituents is 1. The lowest BCUT2D eigenvalue weighted by Crippen LogP contribution is -2.11. The van der Waals surface area contributed by atoms with Gasteiger partial charge in [0.1, 0.15) is 5.02 Å². The minimum absolute atomic E-state index is 0. The van der Waals surface area contributed by atoms with Crippen LogP contribution < -0.4 is 11.5 Å². The van der Waals surface area contributed by atoms with Crippen LogP contribution in [-0.4, -0.2) is 11.5 Å². The summed E-state index contributed by atoms with van der Waals surface area (Å²) in [5.41, 5.74) is 12.0. The summed E-state index contributed by atoms with van der Waals surface area (Å²) in [6.45, 7) is 0.632. The van der Waals surface area contributed by atoms with E-state index in [0.29, 0.717) is 6.54 Å². The molecule has 0 amide bonds. The molecule has 18 heavy (non-hydrogen) atoms. The number of nitrogens with zero attached hydrogens (tertiary/aromatic N) is 1. The molecule has 0 unspecified atom stereocenters. The van der Waals surface area contributed by atoms with E-state index in [9.17, 15) is 10.1 Å². The Morgan fingerprint density at radius 1 is 1.39 bits per heavy atom. The highest BCUT2D eigenvalue weighted by Crippen LogP contribution is 2.28. The summed E-state index contributed by atoms with van der Waals surface area (Å²) in [6.07, 6.45) is 2.58. The number of rotatable bonds is 6. The molecule has 1 rings (SSSR count). The summed E-state index contributed by atoms with van der Waals surface area (Å²) >= 11 is 5.72. The van der Waals surface area contributed by atoms with Crippen molar-refractivity contribution in [3.8, 4) is 0 Å². The second kappa shape index (κ2) is 8.26.